The summed E-state index contributed by atoms with van der Waals surface area (Å²) in [6, 6.07) is 5.20. The number of anilines is 3. The molecule has 2 aromatic rings. The smallest absolute Gasteiger partial charge is 0.271 e. The van der Waals surface area contributed by atoms with Crippen molar-refractivity contribution in [1.29, 1.82) is 0 Å². The summed E-state index contributed by atoms with van der Waals surface area (Å²) in [7, 11) is 0. The van der Waals surface area contributed by atoms with Crippen molar-refractivity contribution in [2.45, 2.75) is 18.9 Å². The zero-order valence-electron chi connectivity index (χ0n) is 11.5. The molecular weight excluding hydrogens is 270 g/mol. The topological polar surface area (TPSA) is 94.1 Å². The van der Waals surface area contributed by atoms with E-state index in [1.807, 2.05) is 4.90 Å². The number of piperidine rings is 1. The van der Waals surface area contributed by atoms with E-state index in [0.29, 0.717) is 18.2 Å². The summed E-state index contributed by atoms with van der Waals surface area (Å²) in [5, 5.41) is 12.6. The number of H-pyrrole nitrogens is 1. The van der Waals surface area contributed by atoms with Crippen LogP contribution in [0.1, 0.15) is 12.8 Å². The summed E-state index contributed by atoms with van der Waals surface area (Å²) in [5.41, 5.74) is 0.174. The fourth-order valence-corrected chi connectivity index (χ4v) is 2.39. The van der Waals surface area contributed by atoms with Gasteiger partial charge in [-0.15, -0.1) is 0 Å². The van der Waals surface area contributed by atoms with Crippen molar-refractivity contribution in [3.63, 3.8) is 0 Å². The van der Waals surface area contributed by atoms with E-state index in [9.17, 15) is 9.90 Å². The predicted octanol–water partition coefficient (Wildman–Crippen LogP) is 0.870. The number of aliphatic hydroxyl groups is 1. The maximum atomic E-state index is 11.6. The van der Waals surface area contributed by atoms with Crippen LogP contribution in [0.5, 0.6) is 0 Å². The molecule has 0 aliphatic carbocycles. The first-order valence-corrected chi connectivity index (χ1v) is 6.93. The van der Waals surface area contributed by atoms with Gasteiger partial charge < -0.3 is 20.3 Å². The number of β-amino-alcohol motifs (C(OH)–C–C–N with tert-alkyl or cyclic N) is 1. The lowest BCUT2D eigenvalue weighted by atomic mass is 10.1. The Morgan fingerprint density at radius 2 is 2.33 bits per heavy atom. The molecule has 0 saturated carbocycles. The molecule has 7 heteroatoms. The molecule has 1 aliphatic heterocycles. The Morgan fingerprint density at radius 3 is 3.14 bits per heavy atom. The van der Waals surface area contributed by atoms with Gasteiger partial charge in [0.1, 0.15) is 11.5 Å². The third kappa shape index (κ3) is 3.19. The van der Waals surface area contributed by atoms with Crippen LogP contribution in [0.2, 0.25) is 0 Å². The third-order valence-corrected chi connectivity index (χ3v) is 3.43. The number of nitrogens with one attached hydrogen (secondary N) is 2. The van der Waals surface area contributed by atoms with Crippen LogP contribution in [0.15, 0.2) is 35.4 Å². The summed E-state index contributed by atoms with van der Waals surface area (Å²) >= 11 is 0. The lowest BCUT2D eigenvalue weighted by Crippen LogP contribution is -2.38. The average molecular weight is 287 g/mol. The first-order valence-electron chi connectivity index (χ1n) is 6.93. The zero-order chi connectivity index (χ0) is 14.7. The van der Waals surface area contributed by atoms with E-state index >= 15 is 0 Å². The Morgan fingerprint density at radius 1 is 1.43 bits per heavy atom. The number of rotatable bonds is 3. The number of hydrogen-bond donors (Lipinski definition) is 3. The summed E-state index contributed by atoms with van der Waals surface area (Å²) in [6.45, 7) is 1.43. The monoisotopic (exact) mass is 287 g/mol. The lowest BCUT2D eigenvalue weighted by molar-refractivity contribution is 0.154. The van der Waals surface area contributed by atoms with Gasteiger partial charge in [-0.1, -0.05) is 0 Å². The van der Waals surface area contributed by atoms with Crippen molar-refractivity contribution < 1.29 is 5.11 Å². The van der Waals surface area contributed by atoms with Gasteiger partial charge in [-0.25, -0.2) is 4.98 Å². The summed E-state index contributed by atoms with van der Waals surface area (Å²) in [5.74, 6) is 1.11. The van der Waals surface area contributed by atoms with E-state index in [1.165, 1.54) is 0 Å². The number of nitrogens with zero attached hydrogens (tertiary/aromatic N) is 3. The van der Waals surface area contributed by atoms with Crippen LogP contribution in [0.25, 0.3) is 0 Å². The molecule has 3 heterocycles. The van der Waals surface area contributed by atoms with Gasteiger partial charge in [-0.3, -0.25) is 4.79 Å². The van der Waals surface area contributed by atoms with E-state index in [2.05, 4.69) is 20.3 Å². The van der Waals surface area contributed by atoms with E-state index in [4.69, 9.17) is 0 Å². The molecule has 21 heavy (non-hydrogen) atoms. The fraction of sp³-hybridized carbons (Fsp3) is 0.357. The molecule has 0 radical (unpaired) electrons. The van der Waals surface area contributed by atoms with Crippen LogP contribution in [0, 0.1) is 0 Å². The van der Waals surface area contributed by atoms with Crippen LogP contribution in [0.3, 0.4) is 0 Å². The van der Waals surface area contributed by atoms with Crippen molar-refractivity contribution in [2.24, 2.45) is 0 Å². The molecule has 1 saturated heterocycles. The highest BCUT2D eigenvalue weighted by atomic mass is 16.3. The highest BCUT2D eigenvalue weighted by Crippen LogP contribution is 2.19. The Kier molecular flexibility index (Phi) is 3.83. The Hall–Kier alpha value is -2.41. The van der Waals surface area contributed by atoms with E-state index in [1.54, 1.807) is 30.6 Å². The standard InChI is InChI=1S/C14H17N5O2/c20-10-3-2-8-19(9-10)12-5-7-16-14(18-12)17-11-4-1-6-15-13(11)21/h1,4-7,10,20H,2-3,8-9H2,(H,15,21)(H,16,17,18). The van der Waals surface area contributed by atoms with Gasteiger partial charge in [0.25, 0.3) is 5.56 Å². The van der Waals surface area contributed by atoms with Crippen molar-refractivity contribution in [2.75, 3.05) is 23.3 Å². The summed E-state index contributed by atoms with van der Waals surface area (Å²) in [4.78, 5) is 24.8. The Balaban J connectivity index is 1.80. The van der Waals surface area contributed by atoms with E-state index in [0.717, 1.165) is 25.2 Å². The van der Waals surface area contributed by atoms with Crippen LogP contribution in [-0.2, 0) is 0 Å². The number of pyridine rings is 1. The van der Waals surface area contributed by atoms with Crippen molar-refractivity contribution in [3.8, 4) is 0 Å². The largest absolute Gasteiger partial charge is 0.391 e. The summed E-state index contributed by atoms with van der Waals surface area (Å²) < 4.78 is 0. The second kappa shape index (κ2) is 5.92. The molecule has 0 bridgehead atoms. The van der Waals surface area contributed by atoms with Crippen LogP contribution in [0.4, 0.5) is 17.5 Å². The van der Waals surface area contributed by atoms with Crippen LogP contribution in [-0.4, -0.2) is 39.3 Å². The zero-order valence-corrected chi connectivity index (χ0v) is 11.5. The van der Waals surface area contributed by atoms with Gasteiger partial charge in [0.05, 0.1) is 6.10 Å². The van der Waals surface area contributed by atoms with Gasteiger partial charge in [0.15, 0.2) is 0 Å². The molecular formula is C14H17N5O2. The van der Waals surface area contributed by atoms with Gasteiger partial charge in [0.2, 0.25) is 5.95 Å². The molecule has 1 aliphatic rings. The van der Waals surface area contributed by atoms with E-state index < -0.39 is 0 Å². The minimum atomic E-state index is -0.318. The molecule has 1 atom stereocenters. The molecule has 110 valence electrons. The van der Waals surface area contributed by atoms with Gasteiger partial charge in [-0.05, 0) is 31.0 Å². The average Bonchev–Trinajstić information content (AvgIpc) is 2.50. The van der Waals surface area contributed by atoms with Crippen molar-refractivity contribution >= 4 is 17.5 Å². The number of aromatic nitrogens is 3. The molecule has 1 unspecified atom stereocenters. The molecule has 0 spiro atoms. The van der Waals surface area contributed by atoms with Crippen molar-refractivity contribution in [1.82, 2.24) is 15.0 Å². The highest BCUT2D eigenvalue weighted by molar-refractivity contribution is 5.53. The van der Waals surface area contributed by atoms with Crippen LogP contribution >= 0.6 is 0 Å². The first-order chi connectivity index (χ1) is 10.2. The minimum Gasteiger partial charge on any atom is -0.391 e. The Bertz CT molecular complexity index is 672. The maximum absolute atomic E-state index is 11.6. The van der Waals surface area contributed by atoms with Gasteiger partial charge >= 0.3 is 0 Å². The quantitative estimate of drug-likeness (QED) is 0.775. The highest BCUT2D eigenvalue weighted by Gasteiger charge is 2.19. The van der Waals surface area contributed by atoms with Gasteiger partial charge in [0, 0.05) is 25.5 Å². The van der Waals surface area contributed by atoms with Gasteiger partial charge in [-0.2, -0.15) is 4.98 Å². The van der Waals surface area contributed by atoms with Crippen LogP contribution < -0.4 is 15.8 Å². The fourth-order valence-electron chi connectivity index (χ4n) is 2.39. The first kappa shape index (κ1) is 13.6. The van der Waals surface area contributed by atoms with Crippen molar-refractivity contribution in [3.05, 3.63) is 40.9 Å². The lowest BCUT2D eigenvalue weighted by Gasteiger charge is -2.31. The molecule has 1 fully saturated rings. The molecule has 3 rings (SSSR count). The maximum Gasteiger partial charge on any atom is 0.271 e. The number of aliphatic hydroxyl groups excluding tert-OH is 1. The second-order valence-electron chi connectivity index (χ2n) is 5.02. The minimum absolute atomic E-state index is 0.222. The number of hydrogen-bond acceptors (Lipinski definition) is 6. The molecule has 2 aromatic heterocycles. The normalized spacial score (nSPS) is 18.5. The molecule has 3 N–H and O–H groups in total. The molecule has 7 nitrogen and oxygen atoms in total. The molecule has 0 aromatic carbocycles. The number of aromatic amines is 1. The second-order valence-corrected chi connectivity index (χ2v) is 5.02. The summed E-state index contributed by atoms with van der Waals surface area (Å²) in [6.07, 6.45) is 4.66. The van der Waals surface area contributed by atoms with E-state index in [-0.39, 0.29) is 11.7 Å². The Labute approximate surface area is 121 Å². The predicted molar refractivity (Wildman–Crippen MR) is 79.8 cm³/mol. The SMILES string of the molecule is O=c1[nH]cccc1Nc1nccc(N2CCCC(O)C2)n1. The molecule has 0 amide bonds. The third-order valence-electron chi connectivity index (χ3n) is 3.43.